The first-order valence-corrected chi connectivity index (χ1v) is 12.2. The molecular formula is C32H18S. The van der Waals surface area contributed by atoms with E-state index in [2.05, 4.69) is 109 Å². The van der Waals surface area contributed by atoms with Crippen molar-refractivity contribution in [3.05, 3.63) is 109 Å². The highest BCUT2D eigenvalue weighted by Crippen LogP contribution is 2.41. The molecule has 1 heterocycles. The predicted octanol–water partition coefficient (Wildman–Crippen LogP) is 9.77. The van der Waals surface area contributed by atoms with Gasteiger partial charge in [-0.25, -0.2) is 0 Å². The predicted molar refractivity (Wildman–Crippen MR) is 146 cm³/mol. The lowest BCUT2D eigenvalue weighted by atomic mass is 9.91. The number of fused-ring (bicyclic) bond motifs is 4. The molecule has 152 valence electrons. The molecule has 1 heteroatoms. The van der Waals surface area contributed by atoms with E-state index in [1.165, 1.54) is 74.4 Å². The lowest BCUT2D eigenvalue weighted by Gasteiger charge is -2.12. The second kappa shape index (κ2) is 6.31. The van der Waals surface area contributed by atoms with E-state index in [0.717, 1.165) is 0 Å². The highest BCUT2D eigenvalue weighted by molar-refractivity contribution is 7.25. The van der Waals surface area contributed by atoms with E-state index >= 15 is 0 Å². The Kier molecular flexibility index (Phi) is 3.37. The zero-order valence-corrected chi connectivity index (χ0v) is 18.6. The van der Waals surface area contributed by atoms with Crippen LogP contribution < -0.4 is 0 Å². The number of rotatable bonds is 1. The molecular weight excluding hydrogens is 416 g/mol. The van der Waals surface area contributed by atoms with E-state index in [-0.39, 0.29) is 0 Å². The number of thiophene rings is 1. The zero-order valence-electron chi connectivity index (χ0n) is 17.8. The van der Waals surface area contributed by atoms with Crippen molar-refractivity contribution >= 4 is 74.6 Å². The highest BCUT2D eigenvalue weighted by atomic mass is 32.1. The Hall–Kier alpha value is -3.94. The lowest BCUT2D eigenvalue weighted by Crippen LogP contribution is -1.85. The Bertz CT molecular complexity index is 1960. The molecule has 0 bridgehead atoms. The Balaban J connectivity index is 1.37. The summed E-state index contributed by atoms with van der Waals surface area (Å²) in [5.74, 6) is 0. The van der Waals surface area contributed by atoms with Gasteiger partial charge in [0.2, 0.25) is 0 Å². The van der Waals surface area contributed by atoms with Gasteiger partial charge < -0.3 is 0 Å². The van der Waals surface area contributed by atoms with E-state index in [0.29, 0.717) is 0 Å². The van der Waals surface area contributed by atoms with E-state index in [9.17, 15) is 0 Å². The molecule has 0 amide bonds. The maximum Gasteiger partial charge on any atom is 0.0361 e. The van der Waals surface area contributed by atoms with E-state index < -0.39 is 0 Å². The van der Waals surface area contributed by atoms with Crippen molar-refractivity contribution in [2.45, 2.75) is 0 Å². The lowest BCUT2D eigenvalue weighted by molar-refractivity contribution is 1.72. The van der Waals surface area contributed by atoms with Gasteiger partial charge in [-0.15, -0.1) is 11.3 Å². The van der Waals surface area contributed by atoms with Crippen LogP contribution in [0.2, 0.25) is 0 Å². The molecule has 0 N–H and O–H groups in total. The maximum atomic E-state index is 2.37. The third-order valence-corrected chi connectivity index (χ3v) is 8.25. The minimum Gasteiger partial charge on any atom is -0.135 e. The summed E-state index contributed by atoms with van der Waals surface area (Å²) in [6.45, 7) is 0. The van der Waals surface area contributed by atoms with Gasteiger partial charge in [0.05, 0.1) is 0 Å². The minimum absolute atomic E-state index is 1.28. The monoisotopic (exact) mass is 434 g/mol. The molecule has 0 saturated carbocycles. The highest BCUT2D eigenvalue weighted by Gasteiger charge is 2.12. The van der Waals surface area contributed by atoms with Crippen LogP contribution in [0.25, 0.3) is 74.4 Å². The molecule has 0 aliphatic rings. The number of hydrogen-bond donors (Lipinski definition) is 0. The summed E-state index contributed by atoms with van der Waals surface area (Å²) >= 11 is 1.90. The van der Waals surface area contributed by atoms with Crippen molar-refractivity contribution in [1.29, 1.82) is 0 Å². The Morgan fingerprint density at radius 3 is 1.73 bits per heavy atom. The van der Waals surface area contributed by atoms with Crippen LogP contribution in [-0.2, 0) is 0 Å². The van der Waals surface area contributed by atoms with Gasteiger partial charge in [0.1, 0.15) is 0 Å². The minimum atomic E-state index is 1.28. The molecule has 0 unspecified atom stereocenters. The van der Waals surface area contributed by atoms with Crippen LogP contribution in [-0.4, -0.2) is 0 Å². The van der Waals surface area contributed by atoms with E-state index in [1.54, 1.807) is 0 Å². The molecule has 8 aromatic rings. The summed E-state index contributed by atoms with van der Waals surface area (Å²) in [6, 6.07) is 40.7. The van der Waals surface area contributed by atoms with E-state index in [1.807, 2.05) is 11.3 Å². The summed E-state index contributed by atoms with van der Waals surface area (Å²) < 4.78 is 2.71. The van der Waals surface area contributed by atoms with Crippen LogP contribution in [0.1, 0.15) is 0 Å². The van der Waals surface area contributed by atoms with Crippen LogP contribution in [0.15, 0.2) is 109 Å². The first kappa shape index (κ1) is 17.6. The molecule has 0 nitrogen and oxygen atoms in total. The van der Waals surface area contributed by atoms with Crippen molar-refractivity contribution < 1.29 is 0 Å². The maximum absolute atomic E-state index is 2.37. The summed E-state index contributed by atoms with van der Waals surface area (Å²) in [7, 11) is 0. The van der Waals surface area contributed by atoms with Gasteiger partial charge in [-0.05, 0) is 84.5 Å². The molecule has 7 aromatic carbocycles. The van der Waals surface area contributed by atoms with Crippen molar-refractivity contribution in [2.75, 3.05) is 0 Å². The summed E-state index contributed by atoms with van der Waals surface area (Å²) in [5.41, 5.74) is 2.56. The van der Waals surface area contributed by atoms with E-state index in [4.69, 9.17) is 0 Å². The number of hydrogen-bond acceptors (Lipinski definition) is 1. The van der Waals surface area contributed by atoms with Crippen LogP contribution >= 0.6 is 11.3 Å². The molecule has 0 saturated heterocycles. The Labute approximate surface area is 194 Å². The van der Waals surface area contributed by atoms with Gasteiger partial charge in [0.15, 0.2) is 0 Å². The van der Waals surface area contributed by atoms with Gasteiger partial charge in [-0.2, -0.15) is 0 Å². The standard InChI is InChI=1S/C32H18S/c1-2-5-22-17-30-28(16-21(22)4-1)27-13-12-23(18-29(27)33-30)26-14-24-10-8-19-6-3-7-20-9-11-25(15-26)32(24)31(19)20/h1-18H. The van der Waals surface area contributed by atoms with Gasteiger partial charge >= 0.3 is 0 Å². The fourth-order valence-corrected chi connectivity index (χ4v) is 6.74. The van der Waals surface area contributed by atoms with Crippen LogP contribution in [0, 0.1) is 0 Å². The SMILES string of the molecule is c1ccc2cc3c(cc2c1)sc1cc(-c2cc4ccc5cccc6ccc(c2)c4c56)ccc13. The fourth-order valence-electron chi connectivity index (χ4n) is 5.56. The molecule has 8 rings (SSSR count). The van der Waals surface area contributed by atoms with Crippen molar-refractivity contribution in [1.82, 2.24) is 0 Å². The molecule has 0 radical (unpaired) electrons. The van der Waals surface area contributed by atoms with Gasteiger partial charge in [-0.3, -0.25) is 0 Å². The molecule has 0 aliphatic carbocycles. The quantitative estimate of drug-likeness (QED) is 0.226. The van der Waals surface area contributed by atoms with Crippen LogP contribution in [0.4, 0.5) is 0 Å². The largest absolute Gasteiger partial charge is 0.135 e. The van der Waals surface area contributed by atoms with Gasteiger partial charge in [0.25, 0.3) is 0 Å². The summed E-state index contributed by atoms with van der Waals surface area (Å²) in [6.07, 6.45) is 0. The summed E-state index contributed by atoms with van der Waals surface area (Å²) in [5, 5.41) is 13.3. The third-order valence-electron chi connectivity index (χ3n) is 7.14. The average molecular weight is 435 g/mol. The van der Waals surface area contributed by atoms with Crippen LogP contribution in [0.5, 0.6) is 0 Å². The average Bonchev–Trinajstić information content (AvgIpc) is 3.22. The normalized spacial score (nSPS) is 12.2. The van der Waals surface area contributed by atoms with Crippen molar-refractivity contribution in [2.24, 2.45) is 0 Å². The molecule has 0 atom stereocenters. The molecule has 33 heavy (non-hydrogen) atoms. The smallest absolute Gasteiger partial charge is 0.0361 e. The van der Waals surface area contributed by atoms with Crippen molar-refractivity contribution in [3.8, 4) is 11.1 Å². The molecule has 1 aromatic heterocycles. The molecule has 0 fully saturated rings. The fraction of sp³-hybridized carbons (Fsp3) is 0. The Morgan fingerprint density at radius 2 is 0.970 bits per heavy atom. The first-order chi connectivity index (χ1) is 16.3. The number of benzene rings is 7. The van der Waals surface area contributed by atoms with Crippen molar-refractivity contribution in [3.63, 3.8) is 0 Å². The second-order valence-electron chi connectivity index (χ2n) is 9.02. The van der Waals surface area contributed by atoms with Gasteiger partial charge in [0, 0.05) is 20.2 Å². The Morgan fingerprint density at radius 1 is 0.364 bits per heavy atom. The third kappa shape index (κ3) is 2.46. The molecule has 0 spiro atoms. The summed E-state index contributed by atoms with van der Waals surface area (Å²) in [4.78, 5) is 0. The first-order valence-electron chi connectivity index (χ1n) is 11.3. The second-order valence-corrected chi connectivity index (χ2v) is 10.1. The molecule has 0 aliphatic heterocycles. The van der Waals surface area contributed by atoms with Crippen LogP contribution in [0.3, 0.4) is 0 Å². The zero-order chi connectivity index (χ0) is 21.5. The topological polar surface area (TPSA) is 0 Å². The van der Waals surface area contributed by atoms with Gasteiger partial charge in [-0.1, -0.05) is 78.9 Å².